The number of aromatic nitrogens is 4. The highest BCUT2D eigenvalue weighted by Gasteiger charge is 2.10. The molecule has 0 aliphatic carbocycles. The lowest BCUT2D eigenvalue weighted by Gasteiger charge is -2.04. The first-order valence-corrected chi connectivity index (χ1v) is 5.67. The first-order valence-electron chi connectivity index (χ1n) is 4.53. The number of hydrogen-bond acceptors (Lipinski definition) is 5. The van der Waals surface area contributed by atoms with Gasteiger partial charge in [0.25, 0.3) is 5.91 Å². The summed E-state index contributed by atoms with van der Waals surface area (Å²) in [5, 5.41) is 2.60. The van der Waals surface area contributed by atoms with Crippen LogP contribution in [-0.4, -0.2) is 25.8 Å². The third-order valence-corrected chi connectivity index (χ3v) is 2.29. The van der Waals surface area contributed by atoms with E-state index in [2.05, 4.69) is 25.3 Å². The summed E-state index contributed by atoms with van der Waals surface area (Å²) in [6, 6.07) is 1.35. The Labute approximate surface area is 116 Å². The van der Waals surface area contributed by atoms with Gasteiger partial charge in [-0.2, -0.15) is 0 Å². The Hall–Kier alpha value is -1.50. The van der Waals surface area contributed by atoms with Crippen LogP contribution >= 0.6 is 34.8 Å². The minimum Gasteiger partial charge on any atom is -0.305 e. The minimum absolute atomic E-state index is 0.0494. The smallest absolute Gasteiger partial charge is 0.277 e. The van der Waals surface area contributed by atoms with E-state index >= 15 is 0 Å². The minimum atomic E-state index is -0.532. The molecule has 2 rings (SSSR count). The molecular weight excluding hydrogens is 300 g/mol. The van der Waals surface area contributed by atoms with Crippen LogP contribution in [-0.2, 0) is 0 Å². The first kappa shape index (κ1) is 12.9. The van der Waals surface area contributed by atoms with Crippen molar-refractivity contribution in [3.8, 4) is 0 Å². The summed E-state index contributed by atoms with van der Waals surface area (Å²) < 4.78 is 0. The van der Waals surface area contributed by atoms with Gasteiger partial charge in [-0.1, -0.05) is 23.2 Å². The zero-order valence-corrected chi connectivity index (χ0v) is 10.8. The lowest BCUT2D eigenvalue weighted by Crippen LogP contribution is -2.15. The Morgan fingerprint density at radius 3 is 2.50 bits per heavy atom. The highest BCUT2D eigenvalue weighted by molar-refractivity contribution is 6.32. The molecule has 1 amide bonds. The van der Waals surface area contributed by atoms with Crippen molar-refractivity contribution in [1.82, 2.24) is 19.9 Å². The van der Waals surface area contributed by atoms with E-state index in [1.807, 2.05) is 0 Å². The molecule has 9 heteroatoms. The number of hydrogen-bond donors (Lipinski definition) is 1. The number of carbonyl (C=O) groups is 1. The van der Waals surface area contributed by atoms with Gasteiger partial charge < -0.3 is 5.32 Å². The van der Waals surface area contributed by atoms with Gasteiger partial charge in [0, 0.05) is 6.07 Å². The predicted octanol–water partition coefficient (Wildman–Crippen LogP) is 2.48. The Balaban J connectivity index is 2.21. The zero-order chi connectivity index (χ0) is 13.1. The molecular formula is C9H4Cl3N5O. The van der Waals surface area contributed by atoms with Crippen molar-refractivity contribution in [1.29, 1.82) is 0 Å². The number of nitrogens with zero attached hydrogens (tertiary/aromatic N) is 4. The fraction of sp³-hybridized carbons (Fsp3) is 0. The summed E-state index contributed by atoms with van der Waals surface area (Å²) in [6.45, 7) is 0. The lowest BCUT2D eigenvalue weighted by molar-refractivity contribution is 0.102. The van der Waals surface area contributed by atoms with Gasteiger partial charge in [0.1, 0.15) is 21.8 Å². The average Bonchev–Trinajstić information content (AvgIpc) is 2.27. The molecule has 0 bridgehead atoms. The summed E-state index contributed by atoms with van der Waals surface area (Å²) in [5.41, 5.74) is 0.0494. The van der Waals surface area contributed by atoms with E-state index in [4.69, 9.17) is 34.8 Å². The van der Waals surface area contributed by atoms with Crippen molar-refractivity contribution >= 4 is 46.5 Å². The highest BCUT2D eigenvalue weighted by Crippen LogP contribution is 2.15. The summed E-state index contributed by atoms with van der Waals surface area (Å²) in [5.74, 6) is -0.373. The first-order chi connectivity index (χ1) is 8.54. The molecule has 0 aliphatic rings. The van der Waals surface area contributed by atoms with Gasteiger partial charge in [-0.3, -0.25) is 9.78 Å². The molecule has 18 heavy (non-hydrogen) atoms. The second-order valence-electron chi connectivity index (χ2n) is 3.03. The topological polar surface area (TPSA) is 80.7 Å². The van der Waals surface area contributed by atoms with E-state index in [1.165, 1.54) is 18.5 Å². The molecule has 0 atom stereocenters. The van der Waals surface area contributed by atoms with Crippen molar-refractivity contribution in [2.75, 3.05) is 5.32 Å². The van der Waals surface area contributed by atoms with Crippen molar-refractivity contribution in [3.05, 3.63) is 39.7 Å². The van der Waals surface area contributed by atoms with Crippen LogP contribution in [0.5, 0.6) is 0 Å². The number of anilines is 1. The predicted molar refractivity (Wildman–Crippen MR) is 67.0 cm³/mol. The normalized spacial score (nSPS) is 10.2. The molecule has 0 radical (unpaired) electrons. The number of amides is 1. The lowest BCUT2D eigenvalue weighted by atomic mass is 10.4. The van der Waals surface area contributed by atoms with E-state index in [9.17, 15) is 4.79 Å². The fourth-order valence-corrected chi connectivity index (χ4v) is 1.64. The average molecular weight is 305 g/mol. The highest BCUT2D eigenvalue weighted by atomic mass is 35.5. The van der Waals surface area contributed by atoms with Gasteiger partial charge in [0.2, 0.25) is 5.28 Å². The molecule has 0 spiro atoms. The Morgan fingerprint density at radius 1 is 1.06 bits per heavy atom. The Morgan fingerprint density at radius 2 is 1.83 bits per heavy atom. The molecule has 1 N–H and O–H groups in total. The van der Waals surface area contributed by atoms with Crippen LogP contribution in [0, 0.1) is 0 Å². The van der Waals surface area contributed by atoms with E-state index in [1.54, 1.807) is 0 Å². The molecule has 0 aliphatic heterocycles. The maximum Gasteiger partial charge on any atom is 0.277 e. The molecule has 2 aromatic rings. The molecule has 2 heterocycles. The molecule has 0 unspecified atom stereocenters. The quantitative estimate of drug-likeness (QED) is 0.681. The van der Waals surface area contributed by atoms with Crippen molar-refractivity contribution in [3.63, 3.8) is 0 Å². The maximum atomic E-state index is 11.8. The number of carbonyl (C=O) groups excluding carboxylic acids is 1. The van der Waals surface area contributed by atoms with Crippen molar-refractivity contribution in [2.45, 2.75) is 0 Å². The summed E-state index contributed by atoms with van der Waals surface area (Å²) in [4.78, 5) is 26.7. The van der Waals surface area contributed by atoms with Crippen molar-refractivity contribution in [2.24, 2.45) is 0 Å². The Kier molecular flexibility index (Phi) is 3.90. The Bertz CT molecular complexity index is 586. The van der Waals surface area contributed by atoms with Crippen LogP contribution < -0.4 is 5.32 Å². The van der Waals surface area contributed by atoms with Gasteiger partial charge in [-0.15, -0.1) is 0 Å². The van der Waals surface area contributed by atoms with Crippen LogP contribution in [0.15, 0.2) is 18.5 Å². The molecule has 0 aromatic carbocycles. The van der Waals surface area contributed by atoms with Gasteiger partial charge >= 0.3 is 0 Å². The van der Waals surface area contributed by atoms with E-state index in [0.29, 0.717) is 0 Å². The van der Waals surface area contributed by atoms with E-state index in [-0.39, 0.29) is 27.1 Å². The molecule has 0 saturated heterocycles. The summed E-state index contributed by atoms with van der Waals surface area (Å²) in [7, 11) is 0. The van der Waals surface area contributed by atoms with Crippen LogP contribution in [0.4, 0.5) is 5.82 Å². The van der Waals surface area contributed by atoms with E-state index < -0.39 is 5.91 Å². The fourth-order valence-electron chi connectivity index (χ4n) is 1.09. The molecule has 0 fully saturated rings. The monoisotopic (exact) mass is 303 g/mol. The number of rotatable bonds is 2. The summed E-state index contributed by atoms with van der Waals surface area (Å²) in [6.07, 6.45) is 2.59. The largest absolute Gasteiger partial charge is 0.305 e. The number of nitrogens with one attached hydrogen (secondary N) is 1. The van der Waals surface area contributed by atoms with Gasteiger partial charge in [0.05, 0.1) is 12.4 Å². The SMILES string of the molecule is O=C(Nc1cc(Cl)nc(Cl)n1)c1cncc(Cl)n1. The third kappa shape index (κ3) is 3.25. The summed E-state index contributed by atoms with van der Waals surface area (Å²) >= 11 is 16.9. The molecule has 2 aromatic heterocycles. The van der Waals surface area contributed by atoms with Gasteiger partial charge in [-0.25, -0.2) is 15.0 Å². The van der Waals surface area contributed by atoms with E-state index in [0.717, 1.165) is 0 Å². The molecule has 0 saturated carbocycles. The maximum absolute atomic E-state index is 11.8. The molecule has 6 nitrogen and oxygen atoms in total. The van der Waals surface area contributed by atoms with Crippen LogP contribution in [0.25, 0.3) is 0 Å². The molecule has 92 valence electrons. The second-order valence-corrected chi connectivity index (χ2v) is 4.14. The van der Waals surface area contributed by atoms with Gasteiger partial charge in [0.15, 0.2) is 0 Å². The van der Waals surface area contributed by atoms with Gasteiger partial charge in [-0.05, 0) is 11.6 Å². The van der Waals surface area contributed by atoms with Crippen molar-refractivity contribution < 1.29 is 4.79 Å². The number of halogens is 3. The second kappa shape index (κ2) is 5.43. The van der Waals surface area contributed by atoms with Crippen LogP contribution in [0.2, 0.25) is 15.6 Å². The standard InChI is InChI=1S/C9H4Cl3N5O/c10-5-1-7(17-9(12)15-5)16-8(18)4-2-13-3-6(11)14-4/h1-3H,(H,15,16,17,18). The third-order valence-electron chi connectivity index (χ3n) is 1.75. The van der Waals surface area contributed by atoms with Crippen LogP contribution in [0.1, 0.15) is 10.5 Å². The van der Waals surface area contributed by atoms with Crippen LogP contribution in [0.3, 0.4) is 0 Å². The zero-order valence-electron chi connectivity index (χ0n) is 8.56.